The number of hydrogen-bond donors (Lipinski definition) is 1. The van der Waals surface area contributed by atoms with Crippen molar-refractivity contribution in [3.63, 3.8) is 0 Å². The maximum absolute atomic E-state index is 5.95. The molecule has 1 N–H and O–H groups in total. The molecule has 3 rings (SSSR count). The molecule has 2 heterocycles. The lowest BCUT2D eigenvalue weighted by molar-refractivity contribution is 0.453. The van der Waals surface area contributed by atoms with Crippen LogP contribution in [0, 0.1) is 6.92 Å². The number of oxazole rings is 1. The van der Waals surface area contributed by atoms with Gasteiger partial charge in [-0.15, -0.1) is 0 Å². The predicted octanol–water partition coefficient (Wildman–Crippen LogP) is 4.42. The summed E-state index contributed by atoms with van der Waals surface area (Å²) in [5.74, 6) is 1.47. The summed E-state index contributed by atoms with van der Waals surface area (Å²) in [5.41, 5.74) is 0.899. The van der Waals surface area contributed by atoms with Crippen molar-refractivity contribution in [2.24, 2.45) is 0 Å². The fourth-order valence-electron chi connectivity index (χ4n) is 1.78. The molecule has 0 spiro atoms. The van der Waals surface area contributed by atoms with Gasteiger partial charge in [0.05, 0.1) is 16.4 Å². The molecule has 1 atom stereocenters. The number of thiazole rings is 1. The molecule has 2 aromatic heterocycles. The van der Waals surface area contributed by atoms with E-state index in [0.717, 1.165) is 21.1 Å². The number of rotatable bonds is 3. The SMILES string of the molecule is Cc1cnc(C(C)Nc2nc3cc(Cl)ccc3s2)o1. The Hall–Kier alpha value is -1.59. The normalized spacial score (nSPS) is 12.8. The Morgan fingerprint density at radius 3 is 3.00 bits per heavy atom. The third-order valence-corrected chi connectivity index (χ3v) is 3.90. The molecule has 3 aromatic rings. The third-order valence-electron chi connectivity index (χ3n) is 2.70. The summed E-state index contributed by atoms with van der Waals surface area (Å²) in [4.78, 5) is 8.71. The number of fused-ring (bicyclic) bond motifs is 1. The van der Waals surface area contributed by atoms with Gasteiger partial charge >= 0.3 is 0 Å². The molecule has 1 aromatic carbocycles. The first-order valence-corrected chi connectivity index (χ1v) is 7.06. The van der Waals surface area contributed by atoms with Crippen molar-refractivity contribution >= 4 is 38.3 Å². The van der Waals surface area contributed by atoms with Gasteiger partial charge < -0.3 is 9.73 Å². The Labute approximate surface area is 119 Å². The number of aromatic nitrogens is 2. The molecule has 19 heavy (non-hydrogen) atoms. The van der Waals surface area contributed by atoms with Crippen LogP contribution in [0.2, 0.25) is 5.02 Å². The van der Waals surface area contributed by atoms with Gasteiger partial charge in [0, 0.05) is 5.02 Å². The van der Waals surface area contributed by atoms with Crippen LogP contribution in [0.5, 0.6) is 0 Å². The lowest BCUT2D eigenvalue weighted by Gasteiger charge is -2.07. The van der Waals surface area contributed by atoms with E-state index in [-0.39, 0.29) is 6.04 Å². The van der Waals surface area contributed by atoms with Gasteiger partial charge in [0.1, 0.15) is 11.8 Å². The lowest BCUT2D eigenvalue weighted by Crippen LogP contribution is -2.06. The summed E-state index contributed by atoms with van der Waals surface area (Å²) >= 11 is 7.54. The summed E-state index contributed by atoms with van der Waals surface area (Å²) < 4.78 is 6.59. The molecule has 0 amide bonds. The molecule has 6 heteroatoms. The van der Waals surface area contributed by atoms with Crippen LogP contribution in [-0.4, -0.2) is 9.97 Å². The highest BCUT2D eigenvalue weighted by atomic mass is 35.5. The number of nitrogens with zero attached hydrogens (tertiary/aromatic N) is 2. The number of halogens is 1. The maximum atomic E-state index is 5.95. The molecule has 1 unspecified atom stereocenters. The van der Waals surface area contributed by atoms with Crippen molar-refractivity contribution < 1.29 is 4.42 Å². The van der Waals surface area contributed by atoms with Gasteiger partial charge in [-0.3, -0.25) is 0 Å². The van der Waals surface area contributed by atoms with Crippen LogP contribution in [0.15, 0.2) is 28.8 Å². The summed E-state index contributed by atoms with van der Waals surface area (Å²) in [6.45, 7) is 3.87. The van der Waals surface area contributed by atoms with Crippen molar-refractivity contribution in [2.75, 3.05) is 5.32 Å². The fourth-order valence-corrected chi connectivity index (χ4v) is 2.88. The van der Waals surface area contributed by atoms with E-state index in [1.54, 1.807) is 17.5 Å². The van der Waals surface area contributed by atoms with Crippen LogP contribution in [0.3, 0.4) is 0 Å². The Morgan fingerprint density at radius 1 is 1.42 bits per heavy atom. The number of hydrogen-bond acceptors (Lipinski definition) is 5. The Balaban J connectivity index is 1.85. The number of aryl methyl sites for hydroxylation is 1. The first-order valence-electron chi connectivity index (χ1n) is 5.87. The zero-order valence-corrected chi connectivity index (χ0v) is 12.0. The van der Waals surface area contributed by atoms with Gasteiger partial charge in [0.15, 0.2) is 5.13 Å². The van der Waals surface area contributed by atoms with Crippen molar-refractivity contribution in [1.82, 2.24) is 9.97 Å². The predicted molar refractivity (Wildman–Crippen MR) is 77.9 cm³/mol. The van der Waals surface area contributed by atoms with Crippen LogP contribution in [0.4, 0.5) is 5.13 Å². The Morgan fingerprint density at radius 2 is 2.26 bits per heavy atom. The molecule has 0 saturated carbocycles. The van der Waals surface area contributed by atoms with Crippen LogP contribution in [0.25, 0.3) is 10.2 Å². The van der Waals surface area contributed by atoms with Gasteiger partial charge in [0.2, 0.25) is 5.89 Å². The van der Waals surface area contributed by atoms with Crippen molar-refractivity contribution in [3.8, 4) is 0 Å². The van der Waals surface area contributed by atoms with Crippen molar-refractivity contribution in [3.05, 3.63) is 41.1 Å². The zero-order valence-electron chi connectivity index (χ0n) is 10.5. The molecule has 0 saturated heterocycles. The van der Waals surface area contributed by atoms with E-state index in [1.165, 1.54) is 0 Å². The highest BCUT2D eigenvalue weighted by molar-refractivity contribution is 7.22. The van der Waals surface area contributed by atoms with Crippen LogP contribution < -0.4 is 5.32 Å². The van der Waals surface area contributed by atoms with Gasteiger partial charge in [0.25, 0.3) is 0 Å². The van der Waals surface area contributed by atoms with Crippen LogP contribution in [-0.2, 0) is 0 Å². The van der Waals surface area contributed by atoms with E-state index in [4.69, 9.17) is 16.0 Å². The summed E-state index contributed by atoms with van der Waals surface area (Å²) in [6.07, 6.45) is 1.71. The van der Waals surface area contributed by atoms with Gasteiger partial charge in [-0.1, -0.05) is 22.9 Å². The largest absolute Gasteiger partial charge is 0.444 e. The topological polar surface area (TPSA) is 51.0 Å². The molecule has 0 aliphatic heterocycles. The summed E-state index contributed by atoms with van der Waals surface area (Å²) in [6, 6.07) is 5.68. The molecule has 0 fully saturated rings. The number of nitrogens with one attached hydrogen (secondary N) is 1. The molecule has 4 nitrogen and oxygen atoms in total. The van der Waals surface area contributed by atoms with E-state index >= 15 is 0 Å². The quantitative estimate of drug-likeness (QED) is 0.776. The third kappa shape index (κ3) is 2.57. The molecular weight excluding hydrogens is 282 g/mol. The lowest BCUT2D eigenvalue weighted by atomic mass is 10.3. The van der Waals surface area contributed by atoms with Gasteiger partial charge in [-0.25, -0.2) is 9.97 Å². The van der Waals surface area contributed by atoms with E-state index in [9.17, 15) is 0 Å². The first-order chi connectivity index (χ1) is 9.11. The number of benzene rings is 1. The van der Waals surface area contributed by atoms with E-state index in [2.05, 4.69) is 15.3 Å². The summed E-state index contributed by atoms with van der Waals surface area (Å²) in [5, 5.41) is 4.82. The smallest absolute Gasteiger partial charge is 0.216 e. The second-order valence-corrected chi connectivity index (χ2v) is 5.77. The second kappa shape index (κ2) is 4.83. The van der Waals surface area contributed by atoms with E-state index in [0.29, 0.717) is 10.9 Å². The molecule has 0 aliphatic rings. The Bertz CT molecular complexity index is 722. The summed E-state index contributed by atoms with van der Waals surface area (Å²) in [7, 11) is 0. The molecule has 0 aliphatic carbocycles. The standard InChI is InChI=1S/C13H12ClN3OS/c1-7-6-15-12(18-7)8(2)16-13-17-10-5-9(14)3-4-11(10)19-13/h3-6,8H,1-2H3,(H,16,17). The molecular formula is C13H12ClN3OS. The minimum Gasteiger partial charge on any atom is -0.444 e. The molecule has 98 valence electrons. The van der Waals surface area contributed by atoms with Crippen molar-refractivity contribution in [1.29, 1.82) is 0 Å². The van der Waals surface area contributed by atoms with Crippen LogP contribution in [0.1, 0.15) is 24.6 Å². The Kier molecular flexibility index (Phi) is 3.16. The molecule has 0 bridgehead atoms. The van der Waals surface area contributed by atoms with Crippen molar-refractivity contribution in [2.45, 2.75) is 19.9 Å². The average molecular weight is 294 g/mol. The van der Waals surface area contributed by atoms with E-state index < -0.39 is 0 Å². The second-order valence-electron chi connectivity index (χ2n) is 4.31. The van der Waals surface area contributed by atoms with E-state index in [1.807, 2.05) is 32.0 Å². The highest BCUT2D eigenvalue weighted by Crippen LogP contribution is 2.30. The minimum atomic E-state index is -0.0234. The molecule has 0 radical (unpaired) electrons. The monoisotopic (exact) mass is 293 g/mol. The zero-order chi connectivity index (χ0) is 13.4. The van der Waals surface area contributed by atoms with Gasteiger partial charge in [-0.2, -0.15) is 0 Å². The first kappa shape index (κ1) is 12.4. The minimum absolute atomic E-state index is 0.0234. The van der Waals surface area contributed by atoms with Crippen LogP contribution >= 0.6 is 22.9 Å². The number of anilines is 1. The highest BCUT2D eigenvalue weighted by Gasteiger charge is 2.13. The van der Waals surface area contributed by atoms with Gasteiger partial charge in [-0.05, 0) is 32.0 Å². The maximum Gasteiger partial charge on any atom is 0.216 e. The fraction of sp³-hybridized carbons (Fsp3) is 0.231. The average Bonchev–Trinajstić information content (AvgIpc) is 2.94.